The molecule has 0 radical (unpaired) electrons. The number of anilines is 2. The lowest BCUT2D eigenvalue weighted by Gasteiger charge is -2.38. The van der Waals surface area contributed by atoms with Crippen molar-refractivity contribution in [2.24, 2.45) is 5.92 Å². The van der Waals surface area contributed by atoms with Crippen LogP contribution in [0.2, 0.25) is 0 Å². The van der Waals surface area contributed by atoms with Crippen molar-refractivity contribution in [2.45, 2.75) is 31.7 Å². The van der Waals surface area contributed by atoms with Gasteiger partial charge in [0.1, 0.15) is 11.5 Å². The maximum Gasteiger partial charge on any atom is 0.269 e. The van der Waals surface area contributed by atoms with Crippen molar-refractivity contribution in [3.05, 3.63) is 30.2 Å². The third-order valence-corrected chi connectivity index (χ3v) is 5.68. The minimum Gasteiger partial charge on any atom is -0.382 e. The van der Waals surface area contributed by atoms with Crippen LogP contribution in [-0.2, 0) is 4.79 Å². The number of rotatable bonds is 4. The molecule has 2 aromatic heterocycles. The van der Waals surface area contributed by atoms with Crippen LogP contribution in [0.3, 0.4) is 0 Å². The molecular formula is C19H26N8O2. The normalized spacial score (nSPS) is 22.3. The predicted molar refractivity (Wildman–Crippen MR) is 107 cm³/mol. The van der Waals surface area contributed by atoms with Crippen LogP contribution in [0.25, 0.3) is 0 Å². The zero-order valence-electron chi connectivity index (χ0n) is 16.3. The topological polar surface area (TPSA) is 133 Å². The summed E-state index contributed by atoms with van der Waals surface area (Å²) in [5.74, 6) is 1.07. The van der Waals surface area contributed by atoms with Gasteiger partial charge >= 0.3 is 0 Å². The number of aromatic nitrogens is 4. The van der Waals surface area contributed by atoms with Crippen molar-refractivity contribution < 1.29 is 9.59 Å². The van der Waals surface area contributed by atoms with Gasteiger partial charge < -0.3 is 20.9 Å². The molecule has 0 bridgehead atoms. The number of hydrogen-bond donors (Lipinski definition) is 3. The highest BCUT2D eigenvalue weighted by molar-refractivity contribution is 5.93. The molecule has 1 saturated heterocycles. The van der Waals surface area contributed by atoms with Crippen LogP contribution >= 0.6 is 0 Å². The first-order valence-corrected chi connectivity index (χ1v) is 10.0. The number of aromatic amines is 1. The Morgan fingerprint density at radius 3 is 2.38 bits per heavy atom. The minimum absolute atomic E-state index is 0.0328. The van der Waals surface area contributed by atoms with Crippen molar-refractivity contribution in [3.63, 3.8) is 0 Å². The van der Waals surface area contributed by atoms with Crippen molar-refractivity contribution >= 4 is 23.6 Å². The maximum absolute atomic E-state index is 12.9. The van der Waals surface area contributed by atoms with Crippen LogP contribution < -0.4 is 16.0 Å². The molecular weight excluding hydrogens is 372 g/mol. The Bertz CT molecular complexity index is 839. The fraction of sp³-hybridized carbons (Fsp3) is 0.526. The standard InChI is InChI=1S/C19H26N8O2/c20-16-12-15(24-25-16)17(28)23-14-4-2-13(3-5-14)18(29)26-8-10-27(11-9-26)19-21-6-1-7-22-19/h1,6-7,12-14H,2-5,8-11H2,(H,23,28)(H3,20,24,25). The van der Waals surface area contributed by atoms with Crippen LogP contribution in [0, 0.1) is 5.92 Å². The number of nitrogens with two attached hydrogens (primary N) is 1. The van der Waals surface area contributed by atoms with Crippen LogP contribution in [0.4, 0.5) is 11.8 Å². The summed E-state index contributed by atoms with van der Waals surface area (Å²) in [6.07, 6.45) is 6.64. The molecule has 0 atom stereocenters. The van der Waals surface area contributed by atoms with Crippen LogP contribution in [0.1, 0.15) is 36.2 Å². The van der Waals surface area contributed by atoms with E-state index in [4.69, 9.17) is 5.73 Å². The molecule has 2 aromatic rings. The van der Waals surface area contributed by atoms with Crippen LogP contribution in [0.15, 0.2) is 24.5 Å². The SMILES string of the molecule is Nc1cc(C(=O)NC2CCC(C(=O)N3CCN(c4ncccn4)CC3)CC2)[nH]n1. The Morgan fingerprint density at radius 2 is 1.76 bits per heavy atom. The zero-order valence-corrected chi connectivity index (χ0v) is 16.3. The van der Waals surface area contributed by atoms with Crippen molar-refractivity contribution in [1.29, 1.82) is 0 Å². The number of carbonyl (C=O) groups excluding carboxylic acids is 2. The third-order valence-electron chi connectivity index (χ3n) is 5.68. The van der Waals surface area contributed by atoms with E-state index in [2.05, 4.69) is 30.4 Å². The largest absolute Gasteiger partial charge is 0.382 e. The molecule has 1 aliphatic heterocycles. The van der Waals surface area contributed by atoms with Gasteiger partial charge in [0.25, 0.3) is 5.91 Å². The minimum atomic E-state index is -0.205. The lowest BCUT2D eigenvalue weighted by molar-refractivity contribution is -0.137. The molecule has 29 heavy (non-hydrogen) atoms. The number of nitrogens with one attached hydrogen (secondary N) is 2. The molecule has 0 spiro atoms. The first-order valence-electron chi connectivity index (χ1n) is 10.0. The fourth-order valence-electron chi connectivity index (χ4n) is 4.04. The second kappa shape index (κ2) is 8.46. The first kappa shape index (κ1) is 19.2. The number of hydrogen-bond acceptors (Lipinski definition) is 7. The molecule has 2 fully saturated rings. The second-order valence-corrected chi connectivity index (χ2v) is 7.59. The van der Waals surface area contributed by atoms with Gasteiger partial charge in [-0.1, -0.05) is 0 Å². The highest BCUT2D eigenvalue weighted by atomic mass is 16.2. The monoisotopic (exact) mass is 398 g/mol. The molecule has 0 aromatic carbocycles. The highest BCUT2D eigenvalue weighted by Gasteiger charge is 2.32. The molecule has 2 aliphatic rings. The molecule has 154 valence electrons. The molecule has 10 nitrogen and oxygen atoms in total. The van der Waals surface area contributed by atoms with E-state index < -0.39 is 0 Å². The number of H-pyrrole nitrogens is 1. The summed E-state index contributed by atoms with van der Waals surface area (Å²) in [5, 5.41) is 9.39. The van der Waals surface area contributed by atoms with E-state index >= 15 is 0 Å². The van der Waals surface area contributed by atoms with E-state index in [1.807, 2.05) is 4.90 Å². The molecule has 10 heteroatoms. The maximum atomic E-state index is 12.9. The number of nitrogen functional groups attached to an aromatic ring is 1. The molecule has 0 unspecified atom stereocenters. The first-order chi connectivity index (χ1) is 14.1. The Labute approximate surface area is 168 Å². The summed E-state index contributed by atoms with van der Waals surface area (Å²) in [7, 11) is 0. The lowest BCUT2D eigenvalue weighted by Crippen LogP contribution is -2.51. The van der Waals surface area contributed by atoms with E-state index in [0.717, 1.165) is 44.7 Å². The summed E-state index contributed by atoms with van der Waals surface area (Å²) in [4.78, 5) is 37.7. The van der Waals surface area contributed by atoms with Gasteiger partial charge in [0.05, 0.1) is 0 Å². The van der Waals surface area contributed by atoms with Crippen LogP contribution in [-0.4, -0.2) is 69.1 Å². The Balaban J connectivity index is 1.23. The van der Waals surface area contributed by atoms with Gasteiger partial charge in [-0.3, -0.25) is 14.7 Å². The smallest absolute Gasteiger partial charge is 0.269 e. The van der Waals surface area contributed by atoms with E-state index in [9.17, 15) is 9.59 Å². The van der Waals surface area contributed by atoms with Gasteiger partial charge in [-0.2, -0.15) is 5.10 Å². The van der Waals surface area contributed by atoms with Crippen molar-refractivity contribution in [1.82, 2.24) is 30.4 Å². The molecule has 4 rings (SSSR count). The van der Waals surface area contributed by atoms with Gasteiger partial charge in [0.2, 0.25) is 11.9 Å². The molecule has 1 aliphatic carbocycles. The highest BCUT2D eigenvalue weighted by Crippen LogP contribution is 2.27. The van der Waals surface area contributed by atoms with E-state index in [1.165, 1.54) is 6.07 Å². The zero-order chi connectivity index (χ0) is 20.2. The summed E-state index contributed by atoms with van der Waals surface area (Å²) >= 11 is 0. The predicted octanol–water partition coefficient (Wildman–Crippen LogP) is 0.419. The van der Waals surface area contributed by atoms with Gasteiger partial charge in [-0.05, 0) is 31.7 Å². The summed E-state index contributed by atoms with van der Waals surface area (Å²) in [6, 6.07) is 3.39. The van der Waals surface area contributed by atoms with E-state index in [0.29, 0.717) is 24.6 Å². The second-order valence-electron chi connectivity index (χ2n) is 7.59. The van der Waals surface area contributed by atoms with E-state index in [1.54, 1.807) is 18.5 Å². The third kappa shape index (κ3) is 4.47. The summed E-state index contributed by atoms with van der Waals surface area (Å²) in [5.41, 5.74) is 5.90. The van der Waals surface area contributed by atoms with Gasteiger partial charge in [-0.25, -0.2) is 9.97 Å². The molecule has 3 heterocycles. The number of carbonyl (C=O) groups is 2. The Hall–Kier alpha value is -3.17. The van der Waals surface area contributed by atoms with Gasteiger partial charge in [0, 0.05) is 56.6 Å². The fourth-order valence-corrected chi connectivity index (χ4v) is 4.04. The number of amides is 2. The average molecular weight is 398 g/mol. The molecule has 1 saturated carbocycles. The lowest BCUT2D eigenvalue weighted by atomic mass is 9.85. The summed E-state index contributed by atoms with van der Waals surface area (Å²) < 4.78 is 0. The van der Waals surface area contributed by atoms with Crippen molar-refractivity contribution in [3.8, 4) is 0 Å². The quantitative estimate of drug-likeness (QED) is 0.680. The molecule has 4 N–H and O–H groups in total. The number of piperazine rings is 1. The van der Waals surface area contributed by atoms with Crippen LogP contribution in [0.5, 0.6) is 0 Å². The van der Waals surface area contributed by atoms with E-state index in [-0.39, 0.29) is 23.8 Å². The average Bonchev–Trinajstić information content (AvgIpc) is 3.21. The summed E-state index contributed by atoms with van der Waals surface area (Å²) in [6.45, 7) is 2.87. The van der Waals surface area contributed by atoms with Crippen molar-refractivity contribution in [2.75, 3.05) is 36.8 Å². The Morgan fingerprint density at radius 1 is 1.07 bits per heavy atom. The van der Waals surface area contributed by atoms with Gasteiger partial charge in [0.15, 0.2) is 0 Å². The molecule has 2 amide bonds. The van der Waals surface area contributed by atoms with Gasteiger partial charge in [-0.15, -0.1) is 0 Å². The number of nitrogens with zero attached hydrogens (tertiary/aromatic N) is 5. The Kier molecular flexibility index (Phi) is 5.59.